The zero-order valence-electron chi connectivity index (χ0n) is 10.9. The van der Waals surface area contributed by atoms with Crippen molar-refractivity contribution in [2.45, 2.75) is 44.3 Å². The number of hydrogen-bond donors (Lipinski definition) is 0. The molecule has 1 fully saturated rings. The van der Waals surface area contributed by atoms with E-state index in [4.69, 9.17) is 9.47 Å². The fourth-order valence-corrected chi connectivity index (χ4v) is 3.24. The predicted molar refractivity (Wildman–Crippen MR) is 82.6 cm³/mol. The topological polar surface area (TPSA) is 18.5 Å². The molecule has 1 unspecified atom stereocenters. The number of rotatable bonds is 5. The summed E-state index contributed by atoms with van der Waals surface area (Å²) in [5, 5.41) is 0. The Labute approximate surface area is 123 Å². The summed E-state index contributed by atoms with van der Waals surface area (Å²) in [5.41, 5.74) is 1.18. The summed E-state index contributed by atoms with van der Waals surface area (Å²) in [6.07, 6.45) is 7.00. The van der Waals surface area contributed by atoms with Gasteiger partial charge in [0.1, 0.15) is 5.75 Å². The van der Waals surface area contributed by atoms with Crippen LogP contribution in [0.3, 0.4) is 0 Å². The van der Waals surface area contributed by atoms with Gasteiger partial charge in [-0.3, -0.25) is 0 Å². The summed E-state index contributed by atoms with van der Waals surface area (Å²) < 4.78 is 12.7. The molecule has 0 saturated heterocycles. The molecule has 0 radical (unpaired) electrons. The summed E-state index contributed by atoms with van der Waals surface area (Å²) >= 11 is 2.40. The number of benzene rings is 1. The second-order valence-electron chi connectivity index (χ2n) is 4.78. The van der Waals surface area contributed by atoms with Gasteiger partial charge in [0.15, 0.2) is 0 Å². The molecule has 2 rings (SSSR count). The third kappa shape index (κ3) is 3.60. The van der Waals surface area contributed by atoms with Gasteiger partial charge >= 0.3 is 0 Å². The van der Waals surface area contributed by atoms with Crippen molar-refractivity contribution >= 4 is 22.6 Å². The van der Waals surface area contributed by atoms with Crippen LogP contribution < -0.4 is 4.74 Å². The van der Waals surface area contributed by atoms with Crippen LogP contribution in [0.1, 0.15) is 43.8 Å². The van der Waals surface area contributed by atoms with Crippen molar-refractivity contribution in [1.29, 1.82) is 0 Å². The number of ether oxygens (including phenoxy) is 2. The third-order valence-electron chi connectivity index (χ3n) is 3.53. The molecule has 1 aliphatic rings. The van der Waals surface area contributed by atoms with E-state index in [0.29, 0.717) is 6.10 Å². The molecule has 0 aromatic heterocycles. The monoisotopic (exact) mass is 360 g/mol. The van der Waals surface area contributed by atoms with Crippen molar-refractivity contribution in [1.82, 2.24) is 0 Å². The lowest BCUT2D eigenvalue weighted by Crippen LogP contribution is -2.20. The van der Waals surface area contributed by atoms with E-state index in [1.165, 1.54) is 37.7 Å². The molecule has 0 amide bonds. The third-order valence-corrected chi connectivity index (χ3v) is 4.33. The maximum atomic E-state index is 6.28. The number of para-hydroxylation sites is 1. The number of hydrogen-bond acceptors (Lipinski definition) is 2. The van der Waals surface area contributed by atoms with E-state index in [0.717, 1.165) is 10.2 Å². The Hall–Kier alpha value is -0.290. The van der Waals surface area contributed by atoms with Gasteiger partial charge in [-0.05, 0) is 18.9 Å². The molecular weight excluding hydrogens is 339 g/mol. The largest absolute Gasteiger partial charge is 0.496 e. The summed E-state index contributed by atoms with van der Waals surface area (Å²) in [5.74, 6) is 0.940. The van der Waals surface area contributed by atoms with Crippen LogP contribution in [0.4, 0.5) is 0 Å². The lowest BCUT2D eigenvalue weighted by atomic mass is 9.97. The van der Waals surface area contributed by atoms with Gasteiger partial charge in [0, 0.05) is 9.99 Å². The summed E-state index contributed by atoms with van der Waals surface area (Å²) in [4.78, 5) is 0. The van der Waals surface area contributed by atoms with Crippen LogP contribution in [-0.4, -0.2) is 17.6 Å². The van der Waals surface area contributed by atoms with Crippen molar-refractivity contribution in [3.8, 4) is 5.75 Å². The van der Waals surface area contributed by atoms with E-state index in [-0.39, 0.29) is 6.10 Å². The first-order chi connectivity index (χ1) is 8.85. The molecule has 1 saturated carbocycles. The van der Waals surface area contributed by atoms with Crippen LogP contribution >= 0.6 is 22.6 Å². The van der Waals surface area contributed by atoms with Gasteiger partial charge in [-0.25, -0.2) is 0 Å². The van der Waals surface area contributed by atoms with E-state index >= 15 is 0 Å². The van der Waals surface area contributed by atoms with Gasteiger partial charge in [0.25, 0.3) is 0 Å². The maximum absolute atomic E-state index is 6.28. The molecule has 0 spiro atoms. The minimum Gasteiger partial charge on any atom is -0.496 e. The lowest BCUT2D eigenvalue weighted by Gasteiger charge is -2.27. The van der Waals surface area contributed by atoms with Gasteiger partial charge in [-0.2, -0.15) is 0 Å². The zero-order valence-corrected chi connectivity index (χ0v) is 13.1. The van der Waals surface area contributed by atoms with Crippen molar-refractivity contribution in [3.63, 3.8) is 0 Å². The molecule has 100 valence electrons. The minimum absolute atomic E-state index is 0.157. The Morgan fingerprint density at radius 2 is 1.94 bits per heavy atom. The Balaban J connectivity index is 2.07. The highest BCUT2D eigenvalue weighted by atomic mass is 127. The summed E-state index contributed by atoms with van der Waals surface area (Å²) in [6, 6.07) is 8.19. The van der Waals surface area contributed by atoms with Crippen LogP contribution in [0.25, 0.3) is 0 Å². The Morgan fingerprint density at radius 1 is 1.22 bits per heavy atom. The van der Waals surface area contributed by atoms with Crippen LogP contribution in [0.2, 0.25) is 0 Å². The first kappa shape index (κ1) is 14.1. The smallest absolute Gasteiger partial charge is 0.124 e. The fourth-order valence-electron chi connectivity index (χ4n) is 2.56. The first-order valence-corrected chi connectivity index (χ1v) is 8.22. The van der Waals surface area contributed by atoms with Gasteiger partial charge in [0.05, 0.1) is 19.3 Å². The van der Waals surface area contributed by atoms with Crippen molar-refractivity contribution in [2.75, 3.05) is 11.5 Å². The Kier molecular flexibility index (Phi) is 5.76. The molecule has 0 bridgehead atoms. The molecule has 3 heteroatoms. The zero-order chi connectivity index (χ0) is 12.8. The van der Waals surface area contributed by atoms with Crippen molar-refractivity contribution in [2.24, 2.45) is 0 Å². The lowest BCUT2D eigenvalue weighted by molar-refractivity contribution is -0.0194. The number of halogens is 1. The van der Waals surface area contributed by atoms with Crippen LogP contribution in [0.5, 0.6) is 5.75 Å². The second kappa shape index (κ2) is 7.34. The average Bonchev–Trinajstić information content (AvgIpc) is 2.46. The van der Waals surface area contributed by atoms with Gasteiger partial charge in [-0.15, -0.1) is 0 Å². The second-order valence-corrected chi connectivity index (χ2v) is 5.66. The fraction of sp³-hybridized carbons (Fsp3) is 0.600. The molecule has 1 aromatic rings. The molecule has 0 aliphatic heterocycles. The minimum atomic E-state index is 0.157. The Morgan fingerprint density at radius 3 is 2.61 bits per heavy atom. The van der Waals surface area contributed by atoms with Crippen LogP contribution in [0, 0.1) is 0 Å². The molecule has 18 heavy (non-hydrogen) atoms. The van der Waals surface area contributed by atoms with Gasteiger partial charge < -0.3 is 9.47 Å². The molecule has 0 heterocycles. The SMILES string of the molecule is COc1ccccc1C(CI)OC1CCCCC1. The summed E-state index contributed by atoms with van der Waals surface area (Å²) in [6.45, 7) is 0. The number of alkyl halides is 1. The molecule has 1 aliphatic carbocycles. The van der Waals surface area contributed by atoms with Gasteiger partial charge in [-0.1, -0.05) is 60.1 Å². The molecule has 2 nitrogen and oxygen atoms in total. The molecule has 0 N–H and O–H groups in total. The quantitative estimate of drug-likeness (QED) is 0.568. The highest BCUT2D eigenvalue weighted by Crippen LogP contribution is 2.32. The maximum Gasteiger partial charge on any atom is 0.124 e. The predicted octanol–water partition coefficient (Wildman–Crippen LogP) is 4.52. The van der Waals surface area contributed by atoms with Gasteiger partial charge in [0.2, 0.25) is 0 Å². The first-order valence-electron chi connectivity index (χ1n) is 6.69. The Bertz CT molecular complexity index is 361. The van der Waals surface area contributed by atoms with Crippen molar-refractivity contribution in [3.05, 3.63) is 29.8 Å². The normalized spacial score (nSPS) is 18.6. The standard InChI is InChI=1S/C15H21IO2/c1-17-14-10-6-5-9-13(14)15(11-16)18-12-7-3-2-4-8-12/h5-6,9-10,12,15H,2-4,7-8,11H2,1H3. The van der Waals surface area contributed by atoms with E-state index in [1.807, 2.05) is 12.1 Å². The van der Waals surface area contributed by atoms with Crippen LogP contribution in [0.15, 0.2) is 24.3 Å². The van der Waals surface area contributed by atoms with E-state index in [2.05, 4.69) is 34.7 Å². The highest BCUT2D eigenvalue weighted by Gasteiger charge is 2.21. The molecule has 1 atom stereocenters. The van der Waals surface area contributed by atoms with E-state index in [1.54, 1.807) is 7.11 Å². The highest BCUT2D eigenvalue weighted by molar-refractivity contribution is 14.1. The molecular formula is C15H21IO2. The van der Waals surface area contributed by atoms with E-state index < -0.39 is 0 Å². The van der Waals surface area contributed by atoms with Crippen molar-refractivity contribution < 1.29 is 9.47 Å². The van der Waals surface area contributed by atoms with Crippen LogP contribution in [-0.2, 0) is 4.74 Å². The van der Waals surface area contributed by atoms with E-state index in [9.17, 15) is 0 Å². The molecule has 1 aromatic carbocycles. The summed E-state index contributed by atoms with van der Waals surface area (Å²) in [7, 11) is 1.73. The average molecular weight is 360 g/mol. The number of methoxy groups -OCH3 is 1.